The van der Waals surface area contributed by atoms with Crippen molar-refractivity contribution in [1.82, 2.24) is 5.32 Å². The predicted octanol–water partition coefficient (Wildman–Crippen LogP) is 2.32. The molecule has 0 radical (unpaired) electrons. The Kier molecular flexibility index (Phi) is 6.24. The summed E-state index contributed by atoms with van der Waals surface area (Å²) in [5.41, 5.74) is 1.43. The lowest BCUT2D eigenvalue weighted by Gasteiger charge is -2.34. The van der Waals surface area contributed by atoms with Crippen molar-refractivity contribution in [3.63, 3.8) is 0 Å². The monoisotopic (exact) mass is 438 g/mol. The average Bonchev–Trinajstić information content (AvgIpc) is 2.66. The molecule has 0 saturated heterocycles. The Morgan fingerprint density at radius 1 is 1.10 bits per heavy atom. The first-order valence-corrected chi connectivity index (χ1v) is 11.8. The first-order chi connectivity index (χ1) is 13.6. The SMILES string of the molecule is NS(=O)(=O)c1ccc(CCNC(=O)CCC2=NS(O)(O)c3ccccc3N2)cc1. The van der Waals surface area contributed by atoms with Crippen LogP contribution in [0.15, 0.2) is 62.7 Å². The molecular formula is C18H22N4O5S2. The van der Waals surface area contributed by atoms with Gasteiger partial charge in [0, 0.05) is 19.4 Å². The first-order valence-electron chi connectivity index (χ1n) is 8.77. The molecule has 9 nitrogen and oxygen atoms in total. The molecule has 1 aliphatic heterocycles. The number of hydrogen-bond acceptors (Lipinski definition) is 7. The Morgan fingerprint density at radius 2 is 1.79 bits per heavy atom. The van der Waals surface area contributed by atoms with E-state index in [0.717, 1.165) is 5.56 Å². The largest absolute Gasteiger partial charge is 0.356 e. The minimum absolute atomic E-state index is 0.0404. The zero-order valence-electron chi connectivity index (χ0n) is 15.4. The summed E-state index contributed by atoms with van der Waals surface area (Å²) in [6.07, 6.45) is 0.900. The highest BCUT2D eigenvalue weighted by atomic mass is 32.3. The molecular weight excluding hydrogens is 416 g/mol. The van der Waals surface area contributed by atoms with Gasteiger partial charge in [0.05, 0.1) is 10.6 Å². The predicted molar refractivity (Wildman–Crippen MR) is 112 cm³/mol. The van der Waals surface area contributed by atoms with E-state index in [1.54, 1.807) is 36.4 Å². The van der Waals surface area contributed by atoms with Crippen molar-refractivity contribution in [1.29, 1.82) is 0 Å². The summed E-state index contributed by atoms with van der Waals surface area (Å²) in [6, 6.07) is 12.9. The van der Waals surface area contributed by atoms with Gasteiger partial charge < -0.3 is 10.6 Å². The third-order valence-corrected chi connectivity index (χ3v) is 6.63. The first kappa shape index (κ1) is 21.3. The number of nitrogens with zero attached hydrogens (tertiary/aromatic N) is 1. The minimum atomic E-state index is -3.72. The van der Waals surface area contributed by atoms with Gasteiger partial charge in [-0.05, 0) is 36.2 Å². The van der Waals surface area contributed by atoms with E-state index in [4.69, 9.17) is 5.14 Å². The highest BCUT2D eigenvalue weighted by molar-refractivity contribution is 8.23. The molecule has 2 aromatic rings. The van der Waals surface area contributed by atoms with Gasteiger partial charge >= 0.3 is 0 Å². The summed E-state index contributed by atoms with van der Waals surface area (Å²) < 4.78 is 46.7. The van der Waals surface area contributed by atoms with E-state index >= 15 is 0 Å². The average molecular weight is 439 g/mol. The van der Waals surface area contributed by atoms with E-state index < -0.39 is 20.8 Å². The van der Waals surface area contributed by atoms with Gasteiger partial charge in [0.25, 0.3) is 0 Å². The van der Waals surface area contributed by atoms with Crippen molar-refractivity contribution >= 4 is 38.2 Å². The number of nitrogens with two attached hydrogens (primary N) is 1. The Morgan fingerprint density at radius 3 is 2.48 bits per heavy atom. The van der Waals surface area contributed by atoms with Crippen molar-refractivity contribution in [3.05, 3.63) is 54.1 Å². The fraction of sp³-hybridized carbons (Fsp3) is 0.222. The number of sulfonamides is 1. The van der Waals surface area contributed by atoms with Crippen molar-refractivity contribution in [2.45, 2.75) is 29.1 Å². The van der Waals surface area contributed by atoms with Gasteiger partial charge in [0.1, 0.15) is 10.7 Å². The van der Waals surface area contributed by atoms with E-state index in [-0.39, 0.29) is 23.6 Å². The van der Waals surface area contributed by atoms with Crippen molar-refractivity contribution < 1.29 is 22.3 Å². The number of primary sulfonamides is 1. The minimum Gasteiger partial charge on any atom is -0.356 e. The molecule has 0 atom stereocenters. The maximum atomic E-state index is 12.1. The van der Waals surface area contributed by atoms with E-state index in [0.29, 0.717) is 29.4 Å². The van der Waals surface area contributed by atoms with Gasteiger partial charge in [0.2, 0.25) is 15.9 Å². The topological polar surface area (TPSA) is 154 Å². The molecule has 29 heavy (non-hydrogen) atoms. The summed E-state index contributed by atoms with van der Waals surface area (Å²) in [5.74, 6) is 0.142. The summed E-state index contributed by atoms with van der Waals surface area (Å²) >= 11 is 0. The van der Waals surface area contributed by atoms with Crippen LogP contribution in [0.5, 0.6) is 0 Å². The Hall–Kier alpha value is -2.44. The van der Waals surface area contributed by atoms with Gasteiger partial charge in [-0.15, -0.1) is 4.40 Å². The Bertz CT molecular complexity index is 1040. The van der Waals surface area contributed by atoms with Gasteiger partial charge in [-0.3, -0.25) is 13.9 Å². The molecule has 156 valence electrons. The van der Waals surface area contributed by atoms with Crippen LogP contribution in [0.25, 0.3) is 0 Å². The molecule has 0 aliphatic carbocycles. The van der Waals surface area contributed by atoms with Crippen molar-refractivity contribution in [3.8, 4) is 0 Å². The second-order valence-corrected chi connectivity index (χ2v) is 9.69. The van der Waals surface area contributed by atoms with Crippen LogP contribution in [-0.2, 0) is 21.2 Å². The molecule has 0 saturated carbocycles. The molecule has 1 heterocycles. The fourth-order valence-electron chi connectivity index (χ4n) is 2.81. The number of carbonyl (C=O) groups is 1. The van der Waals surface area contributed by atoms with E-state index in [1.807, 2.05) is 0 Å². The molecule has 1 aliphatic rings. The Labute approximate surface area is 170 Å². The number of nitrogens with one attached hydrogen (secondary N) is 2. The van der Waals surface area contributed by atoms with Gasteiger partial charge in [-0.25, -0.2) is 13.6 Å². The van der Waals surface area contributed by atoms with E-state index in [1.165, 1.54) is 12.1 Å². The van der Waals surface area contributed by atoms with Crippen molar-refractivity contribution in [2.24, 2.45) is 9.54 Å². The zero-order valence-corrected chi connectivity index (χ0v) is 17.0. The molecule has 1 amide bonds. The van der Waals surface area contributed by atoms with Gasteiger partial charge in [-0.1, -0.05) is 35.0 Å². The summed E-state index contributed by atoms with van der Waals surface area (Å²) in [6.45, 7) is 0.380. The number of carbonyl (C=O) groups excluding carboxylic acids is 1. The standard InChI is InChI=1S/C18H22N4O5S2/c19-28(24,25)14-7-5-13(6-8-14)11-12-20-18(23)10-9-17-21-15-3-1-2-4-16(15)29(26,27)22-17/h1-8,26-27H,9-12H2,(H,20,23)(H,21,22)(H2,19,24,25). The molecule has 3 rings (SSSR count). The summed E-state index contributed by atoms with van der Waals surface area (Å²) in [5, 5.41) is 10.8. The highest BCUT2D eigenvalue weighted by Crippen LogP contribution is 2.55. The van der Waals surface area contributed by atoms with Gasteiger partial charge in [-0.2, -0.15) is 0 Å². The second-order valence-electron chi connectivity index (χ2n) is 6.47. The molecule has 2 aromatic carbocycles. The lowest BCUT2D eigenvalue weighted by molar-refractivity contribution is -0.120. The lowest BCUT2D eigenvalue weighted by atomic mass is 10.1. The number of para-hydroxylation sites is 1. The molecule has 6 N–H and O–H groups in total. The number of rotatable bonds is 7. The Balaban J connectivity index is 1.47. The van der Waals surface area contributed by atoms with Gasteiger partial charge in [0.15, 0.2) is 0 Å². The van der Waals surface area contributed by atoms with Crippen LogP contribution in [0.2, 0.25) is 0 Å². The number of amidine groups is 1. The molecule has 0 bridgehead atoms. The third-order valence-electron chi connectivity index (χ3n) is 4.28. The van der Waals surface area contributed by atoms with Crippen LogP contribution in [0.3, 0.4) is 0 Å². The molecule has 0 aromatic heterocycles. The van der Waals surface area contributed by atoms with Crippen LogP contribution in [0, 0.1) is 0 Å². The third kappa shape index (κ3) is 5.55. The molecule has 0 unspecified atom stereocenters. The molecule has 0 fully saturated rings. The number of anilines is 1. The van der Waals surface area contributed by atoms with Crippen molar-refractivity contribution in [2.75, 3.05) is 11.9 Å². The zero-order chi connectivity index (χ0) is 21.1. The van der Waals surface area contributed by atoms with E-state index in [9.17, 15) is 22.3 Å². The summed E-state index contributed by atoms with van der Waals surface area (Å²) in [4.78, 5) is 12.4. The fourth-order valence-corrected chi connectivity index (χ4v) is 4.54. The number of hydrogen-bond donors (Lipinski definition) is 5. The van der Waals surface area contributed by atoms with Crippen LogP contribution in [0.1, 0.15) is 18.4 Å². The summed E-state index contributed by atoms with van der Waals surface area (Å²) in [7, 11) is -6.98. The lowest BCUT2D eigenvalue weighted by Crippen LogP contribution is -2.27. The normalized spacial score (nSPS) is 16.2. The van der Waals surface area contributed by atoms with Crippen LogP contribution >= 0.6 is 10.8 Å². The second kappa shape index (κ2) is 8.51. The smallest absolute Gasteiger partial charge is 0.238 e. The molecule has 0 spiro atoms. The van der Waals surface area contributed by atoms with Crippen LogP contribution in [-0.4, -0.2) is 35.8 Å². The number of fused-ring (bicyclic) bond motifs is 1. The molecule has 11 heteroatoms. The highest BCUT2D eigenvalue weighted by Gasteiger charge is 2.25. The number of amides is 1. The maximum Gasteiger partial charge on any atom is 0.238 e. The quantitative estimate of drug-likeness (QED) is 0.447. The van der Waals surface area contributed by atoms with Crippen LogP contribution < -0.4 is 15.8 Å². The number of benzene rings is 2. The van der Waals surface area contributed by atoms with Crippen LogP contribution in [0.4, 0.5) is 5.69 Å². The van der Waals surface area contributed by atoms with E-state index in [2.05, 4.69) is 15.0 Å². The maximum absolute atomic E-state index is 12.1.